The second-order valence-electron chi connectivity index (χ2n) is 8.68. The van der Waals surface area contributed by atoms with Gasteiger partial charge in [0.25, 0.3) is 0 Å². The summed E-state index contributed by atoms with van der Waals surface area (Å²) < 4.78 is 13.4. The Bertz CT molecular complexity index is 1110. The van der Waals surface area contributed by atoms with E-state index in [1.165, 1.54) is 12.1 Å². The molecule has 1 saturated carbocycles. The predicted molar refractivity (Wildman–Crippen MR) is 125 cm³/mol. The zero-order chi connectivity index (χ0) is 23.6. The Morgan fingerprint density at radius 1 is 1.00 bits per heavy atom. The first-order chi connectivity index (χ1) is 15.9. The summed E-state index contributed by atoms with van der Waals surface area (Å²) in [4.78, 5) is 29.5. The molecule has 2 aliphatic rings. The SMILES string of the molecule is CN1C(=C(C#N)C(=O)CCC(=O)NC2(c3ccc(F)cc3)CCCC2)N(C)c2ccccc21. The number of hydrogen-bond acceptors (Lipinski definition) is 5. The number of anilines is 2. The van der Waals surface area contributed by atoms with Crippen molar-refractivity contribution in [2.24, 2.45) is 0 Å². The first kappa shape index (κ1) is 22.5. The van der Waals surface area contributed by atoms with Crippen LogP contribution in [0.4, 0.5) is 15.8 Å². The van der Waals surface area contributed by atoms with Gasteiger partial charge in [-0.2, -0.15) is 5.26 Å². The minimum atomic E-state index is -0.530. The Labute approximate surface area is 193 Å². The number of ketones is 1. The second-order valence-corrected chi connectivity index (χ2v) is 8.68. The van der Waals surface area contributed by atoms with Crippen LogP contribution in [0, 0.1) is 17.1 Å². The predicted octanol–water partition coefficient (Wildman–Crippen LogP) is 4.38. The fourth-order valence-corrected chi connectivity index (χ4v) is 4.97. The van der Waals surface area contributed by atoms with Crippen LogP contribution in [0.5, 0.6) is 0 Å². The maximum atomic E-state index is 13.4. The van der Waals surface area contributed by atoms with E-state index < -0.39 is 5.54 Å². The molecule has 1 aliphatic heterocycles. The molecule has 0 bridgehead atoms. The lowest BCUT2D eigenvalue weighted by molar-refractivity contribution is -0.125. The second kappa shape index (κ2) is 9.07. The van der Waals surface area contributed by atoms with Gasteiger partial charge >= 0.3 is 0 Å². The molecule has 7 heteroatoms. The topological polar surface area (TPSA) is 76.4 Å². The van der Waals surface area contributed by atoms with Crippen molar-refractivity contribution in [3.05, 3.63) is 71.3 Å². The number of amides is 1. The molecule has 4 rings (SSSR count). The summed E-state index contributed by atoms with van der Waals surface area (Å²) in [5.41, 5.74) is 2.22. The molecule has 2 aromatic rings. The highest BCUT2D eigenvalue weighted by atomic mass is 19.1. The number of Topliss-reactive ketones (excluding diaryl/α,β-unsaturated/α-hetero) is 1. The average Bonchev–Trinajstić information content (AvgIpc) is 3.38. The maximum Gasteiger partial charge on any atom is 0.221 e. The summed E-state index contributed by atoms with van der Waals surface area (Å²) in [7, 11) is 3.64. The van der Waals surface area contributed by atoms with E-state index in [4.69, 9.17) is 0 Å². The molecule has 0 saturated heterocycles. The van der Waals surface area contributed by atoms with Crippen molar-refractivity contribution in [1.29, 1.82) is 5.26 Å². The summed E-state index contributed by atoms with van der Waals surface area (Å²) >= 11 is 0. The molecular weight excluding hydrogens is 419 g/mol. The number of nitriles is 1. The molecule has 33 heavy (non-hydrogen) atoms. The lowest BCUT2D eigenvalue weighted by atomic mass is 9.88. The maximum absolute atomic E-state index is 13.4. The van der Waals surface area contributed by atoms with Gasteiger partial charge in [0.2, 0.25) is 5.91 Å². The third-order valence-corrected chi connectivity index (χ3v) is 6.67. The number of allylic oxidation sites excluding steroid dienone is 1. The number of carbonyl (C=O) groups is 2. The Kier molecular flexibility index (Phi) is 6.19. The summed E-state index contributed by atoms with van der Waals surface area (Å²) in [6, 6.07) is 16.0. The van der Waals surface area contributed by atoms with Crippen molar-refractivity contribution >= 4 is 23.1 Å². The van der Waals surface area contributed by atoms with Gasteiger partial charge < -0.3 is 15.1 Å². The standard InChI is InChI=1S/C26H27FN4O2/c1-30-21-7-3-4-8-22(21)31(2)25(30)20(17-28)23(32)13-14-24(33)29-26(15-5-6-16-26)18-9-11-19(27)12-10-18/h3-4,7-12H,5-6,13-16H2,1-2H3,(H,29,33). The molecule has 0 spiro atoms. The largest absolute Gasteiger partial charge is 0.347 e. The summed E-state index contributed by atoms with van der Waals surface area (Å²) in [6.45, 7) is 0. The lowest BCUT2D eigenvalue weighted by Crippen LogP contribution is -2.43. The Morgan fingerprint density at radius 2 is 1.58 bits per heavy atom. The van der Waals surface area contributed by atoms with Gasteiger partial charge in [-0.3, -0.25) is 9.59 Å². The first-order valence-electron chi connectivity index (χ1n) is 11.2. The molecule has 0 radical (unpaired) electrons. The number of carbonyl (C=O) groups excluding carboxylic acids is 2. The molecule has 0 atom stereocenters. The van der Waals surface area contributed by atoms with Gasteiger partial charge in [-0.15, -0.1) is 0 Å². The Balaban J connectivity index is 1.47. The average molecular weight is 447 g/mol. The van der Waals surface area contributed by atoms with Gasteiger partial charge in [-0.25, -0.2) is 4.39 Å². The Hall–Kier alpha value is -3.66. The molecule has 1 N–H and O–H groups in total. The van der Waals surface area contributed by atoms with Crippen LogP contribution in [0.1, 0.15) is 44.1 Å². The van der Waals surface area contributed by atoms with Crippen LogP contribution in [-0.4, -0.2) is 25.8 Å². The molecule has 1 aliphatic carbocycles. The molecule has 1 amide bonds. The van der Waals surface area contributed by atoms with Crippen molar-refractivity contribution < 1.29 is 14.0 Å². The minimum Gasteiger partial charge on any atom is -0.347 e. The van der Waals surface area contributed by atoms with E-state index in [1.54, 1.807) is 12.1 Å². The van der Waals surface area contributed by atoms with Gasteiger partial charge in [-0.05, 0) is 42.7 Å². The van der Waals surface area contributed by atoms with E-state index in [9.17, 15) is 19.2 Å². The van der Waals surface area contributed by atoms with Crippen LogP contribution in [0.25, 0.3) is 0 Å². The number of benzene rings is 2. The number of rotatable bonds is 6. The molecule has 2 aromatic carbocycles. The zero-order valence-corrected chi connectivity index (χ0v) is 18.9. The summed E-state index contributed by atoms with van der Waals surface area (Å²) in [5.74, 6) is -0.405. The van der Waals surface area contributed by atoms with E-state index in [1.807, 2.05) is 48.2 Å². The van der Waals surface area contributed by atoms with Crippen molar-refractivity contribution in [2.75, 3.05) is 23.9 Å². The number of nitrogens with one attached hydrogen (secondary N) is 1. The van der Waals surface area contributed by atoms with E-state index >= 15 is 0 Å². The van der Waals surface area contributed by atoms with E-state index in [0.717, 1.165) is 42.6 Å². The van der Waals surface area contributed by atoms with Crippen molar-refractivity contribution in [2.45, 2.75) is 44.1 Å². The number of para-hydroxylation sites is 2. The quantitative estimate of drug-likeness (QED) is 0.526. The fourth-order valence-electron chi connectivity index (χ4n) is 4.97. The van der Waals surface area contributed by atoms with Gasteiger partial charge in [0.05, 0.1) is 16.9 Å². The van der Waals surface area contributed by atoms with Crippen LogP contribution < -0.4 is 15.1 Å². The van der Waals surface area contributed by atoms with Crippen LogP contribution in [0.15, 0.2) is 59.9 Å². The van der Waals surface area contributed by atoms with Gasteiger partial charge in [0, 0.05) is 26.9 Å². The minimum absolute atomic E-state index is 0.0133. The first-order valence-corrected chi connectivity index (χ1v) is 11.2. The zero-order valence-electron chi connectivity index (χ0n) is 18.9. The molecule has 1 heterocycles. The smallest absolute Gasteiger partial charge is 0.221 e. The highest BCUT2D eigenvalue weighted by Crippen LogP contribution is 2.41. The molecule has 1 fully saturated rings. The van der Waals surface area contributed by atoms with Gasteiger partial charge in [0.1, 0.15) is 23.3 Å². The lowest BCUT2D eigenvalue weighted by Gasteiger charge is -2.31. The van der Waals surface area contributed by atoms with Crippen LogP contribution in [0.3, 0.4) is 0 Å². The molecule has 170 valence electrons. The van der Waals surface area contributed by atoms with Crippen molar-refractivity contribution in [3.8, 4) is 6.07 Å². The van der Waals surface area contributed by atoms with E-state index in [-0.39, 0.29) is 35.9 Å². The molecular formula is C26H27FN4O2. The molecule has 0 unspecified atom stereocenters. The number of nitrogens with zero attached hydrogens (tertiary/aromatic N) is 3. The van der Waals surface area contributed by atoms with Gasteiger partial charge in [-0.1, -0.05) is 37.1 Å². The number of halogens is 1. The van der Waals surface area contributed by atoms with E-state index in [0.29, 0.717) is 5.82 Å². The molecule has 0 aromatic heterocycles. The van der Waals surface area contributed by atoms with Crippen molar-refractivity contribution in [3.63, 3.8) is 0 Å². The fraction of sp³-hybridized carbons (Fsp3) is 0.346. The third kappa shape index (κ3) is 4.21. The third-order valence-electron chi connectivity index (χ3n) is 6.67. The van der Waals surface area contributed by atoms with Crippen LogP contribution in [0.2, 0.25) is 0 Å². The Morgan fingerprint density at radius 3 is 2.12 bits per heavy atom. The van der Waals surface area contributed by atoms with E-state index in [2.05, 4.69) is 11.4 Å². The molecule has 6 nitrogen and oxygen atoms in total. The van der Waals surface area contributed by atoms with Crippen LogP contribution in [-0.2, 0) is 15.1 Å². The number of fused-ring (bicyclic) bond motifs is 1. The summed E-state index contributed by atoms with van der Waals surface area (Å²) in [5, 5.41) is 12.9. The van der Waals surface area contributed by atoms with Crippen LogP contribution >= 0.6 is 0 Å². The van der Waals surface area contributed by atoms with Gasteiger partial charge in [0.15, 0.2) is 5.78 Å². The number of hydrogen-bond donors (Lipinski definition) is 1. The monoisotopic (exact) mass is 446 g/mol. The van der Waals surface area contributed by atoms with Crippen molar-refractivity contribution in [1.82, 2.24) is 5.32 Å². The highest BCUT2D eigenvalue weighted by Gasteiger charge is 2.37. The normalized spacial score (nSPS) is 16.4. The summed E-state index contributed by atoms with van der Waals surface area (Å²) in [6.07, 6.45) is 3.43. The highest BCUT2D eigenvalue weighted by molar-refractivity contribution is 6.03.